The van der Waals surface area contributed by atoms with E-state index in [4.69, 9.17) is 4.52 Å². The molecule has 7 heteroatoms. The van der Waals surface area contributed by atoms with Gasteiger partial charge in [-0.25, -0.2) is 9.97 Å². The van der Waals surface area contributed by atoms with Crippen molar-refractivity contribution < 1.29 is 9.32 Å². The molecular weight excluding hydrogens is 354 g/mol. The average molecular weight is 377 g/mol. The van der Waals surface area contributed by atoms with Crippen LogP contribution in [-0.2, 0) is 6.54 Å². The standard InChI is InChI=1S/C21H23N5O2/c1-25(2)20-11-18(22-13-23-20)14-4-8-16(9-5-14)21(27)26(3)12-17-10-19(28-24-17)15-6-7-15/h4-5,8-11,13,15H,6-7,12H2,1-3H3. The van der Waals surface area contributed by atoms with Gasteiger partial charge in [0.1, 0.15) is 23.6 Å². The molecule has 28 heavy (non-hydrogen) atoms. The van der Waals surface area contributed by atoms with Crippen LogP contribution in [0.1, 0.15) is 40.6 Å². The van der Waals surface area contributed by atoms with Crippen molar-refractivity contribution in [3.8, 4) is 11.3 Å². The average Bonchev–Trinajstić information content (AvgIpc) is 3.47. The summed E-state index contributed by atoms with van der Waals surface area (Å²) in [5, 5.41) is 4.08. The Labute approximate surface area is 164 Å². The van der Waals surface area contributed by atoms with E-state index < -0.39 is 0 Å². The van der Waals surface area contributed by atoms with Gasteiger partial charge in [0, 0.05) is 50.3 Å². The molecule has 1 amide bonds. The first-order valence-electron chi connectivity index (χ1n) is 9.32. The van der Waals surface area contributed by atoms with Gasteiger partial charge in [-0.15, -0.1) is 0 Å². The predicted molar refractivity (Wildman–Crippen MR) is 106 cm³/mol. The van der Waals surface area contributed by atoms with Gasteiger partial charge < -0.3 is 14.3 Å². The highest BCUT2D eigenvalue weighted by Gasteiger charge is 2.28. The van der Waals surface area contributed by atoms with Gasteiger partial charge in [-0.05, 0) is 25.0 Å². The monoisotopic (exact) mass is 377 g/mol. The molecule has 0 aliphatic heterocycles. The molecule has 0 saturated heterocycles. The maximum atomic E-state index is 12.7. The molecule has 1 aliphatic carbocycles. The van der Waals surface area contributed by atoms with Crippen LogP contribution in [0.2, 0.25) is 0 Å². The van der Waals surface area contributed by atoms with Gasteiger partial charge in [-0.2, -0.15) is 0 Å². The number of nitrogens with zero attached hydrogens (tertiary/aromatic N) is 5. The minimum absolute atomic E-state index is 0.0563. The van der Waals surface area contributed by atoms with Crippen LogP contribution in [0.3, 0.4) is 0 Å². The largest absolute Gasteiger partial charge is 0.363 e. The first-order valence-corrected chi connectivity index (χ1v) is 9.32. The first-order chi connectivity index (χ1) is 13.5. The van der Waals surface area contributed by atoms with Crippen molar-refractivity contribution in [3.63, 3.8) is 0 Å². The second-order valence-electron chi connectivity index (χ2n) is 7.39. The molecule has 0 bridgehead atoms. The Morgan fingerprint density at radius 1 is 1.11 bits per heavy atom. The summed E-state index contributed by atoms with van der Waals surface area (Å²) in [4.78, 5) is 24.9. The minimum Gasteiger partial charge on any atom is -0.363 e. The van der Waals surface area contributed by atoms with Crippen molar-refractivity contribution in [2.24, 2.45) is 0 Å². The molecule has 0 atom stereocenters. The topological polar surface area (TPSA) is 75.4 Å². The molecule has 0 unspecified atom stereocenters. The van der Waals surface area contributed by atoms with E-state index in [1.165, 1.54) is 0 Å². The SMILES string of the molecule is CN(Cc1cc(C2CC2)on1)C(=O)c1ccc(-c2cc(N(C)C)ncn2)cc1. The lowest BCUT2D eigenvalue weighted by Crippen LogP contribution is -2.26. The van der Waals surface area contributed by atoms with E-state index >= 15 is 0 Å². The molecule has 7 nitrogen and oxygen atoms in total. The maximum absolute atomic E-state index is 12.7. The van der Waals surface area contributed by atoms with Crippen LogP contribution < -0.4 is 4.90 Å². The van der Waals surface area contributed by atoms with Gasteiger partial charge in [0.25, 0.3) is 5.91 Å². The molecule has 1 aliphatic rings. The van der Waals surface area contributed by atoms with Gasteiger partial charge in [-0.1, -0.05) is 17.3 Å². The fourth-order valence-electron chi connectivity index (χ4n) is 3.03. The van der Waals surface area contributed by atoms with Crippen LogP contribution in [0.4, 0.5) is 5.82 Å². The van der Waals surface area contributed by atoms with E-state index in [2.05, 4.69) is 15.1 Å². The van der Waals surface area contributed by atoms with E-state index in [1.54, 1.807) is 18.3 Å². The molecule has 2 heterocycles. The van der Waals surface area contributed by atoms with E-state index in [0.29, 0.717) is 18.0 Å². The number of benzene rings is 1. The highest BCUT2D eigenvalue weighted by Crippen LogP contribution is 2.40. The van der Waals surface area contributed by atoms with Gasteiger partial charge in [0.15, 0.2) is 0 Å². The summed E-state index contributed by atoms with van der Waals surface area (Å²) in [6, 6.07) is 11.3. The number of rotatable bonds is 6. The molecule has 1 saturated carbocycles. The Bertz CT molecular complexity index is 976. The Hall–Kier alpha value is -3.22. The van der Waals surface area contributed by atoms with Crippen LogP contribution in [0, 0.1) is 0 Å². The van der Waals surface area contributed by atoms with Crippen LogP contribution in [0.5, 0.6) is 0 Å². The zero-order valence-electron chi connectivity index (χ0n) is 16.3. The molecule has 1 fully saturated rings. The summed E-state index contributed by atoms with van der Waals surface area (Å²) < 4.78 is 5.36. The lowest BCUT2D eigenvalue weighted by molar-refractivity contribution is 0.0782. The Kier molecular flexibility index (Phi) is 4.81. The zero-order chi connectivity index (χ0) is 19.7. The third-order valence-electron chi connectivity index (χ3n) is 4.84. The minimum atomic E-state index is -0.0563. The molecular formula is C21H23N5O2. The Morgan fingerprint density at radius 3 is 2.54 bits per heavy atom. The van der Waals surface area contributed by atoms with Gasteiger partial charge in [0.05, 0.1) is 12.2 Å². The fourth-order valence-corrected chi connectivity index (χ4v) is 3.03. The molecule has 4 rings (SSSR count). The summed E-state index contributed by atoms with van der Waals surface area (Å²) in [5.74, 6) is 2.23. The van der Waals surface area contributed by atoms with E-state index in [-0.39, 0.29) is 5.91 Å². The third-order valence-corrected chi connectivity index (χ3v) is 4.84. The Morgan fingerprint density at radius 2 is 1.86 bits per heavy atom. The lowest BCUT2D eigenvalue weighted by Gasteiger charge is -2.16. The number of carbonyl (C=O) groups is 1. The second-order valence-corrected chi connectivity index (χ2v) is 7.39. The molecule has 3 aromatic rings. The van der Waals surface area contributed by atoms with Crippen LogP contribution in [0.25, 0.3) is 11.3 Å². The summed E-state index contributed by atoms with van der Waals surface area (Å²) in [6.45, 7) is 0.426. The summed E-state index contributed by atoms with van der Waals surface area (Å²) >= 11 is 0. The van der Waals surface area contributed by atoms with Crippen molar-refractivity contribution >= 4 is 11.7 Å². The normalized spacial score (nSPS) is 13.4. The van der Waals surface area contributed by atoms with Gasteiger partial charge in [0.2, 0.25) is 0 Å². The third kappa shape index (κ3) is 3.88. The van der Waals surface area contributed by atoms with Crippen LogP contribution in [0.15, 0.2) is 47.2 Å². The fraction of sp³-hybridized carbons (Fsp3) is 0.333. The number of carbonyl (C=O) groups excluding carboxylic acids is 1. The number of amides is 1. The first kappa shape index (κ1) is 18.2. The van der Waals surface area contributed by atoms with E-state index in [1.807, 2.05) is 55.4 Å². The maximum Gasteiger partial charge on any atom is 0.253 e. The van der Waals surface area contributed by atoms with Crippen molar-refractivity contribution in [1.29, 1.82) is 0 Å². The molecule has 2 aromatic heterocycles. The second kappa shape index (κ2) is 7.42. The Balaban J connectivity index is 1.45. The quantitative estimate of drug-likeness (QED) is 0.656. The molecule has 0 N–H and O–H groups in total. The highest BCUT2D eigenvalue weighted by atomic mass is 16.5. The molecule has 0 spiro atoms. The van der Waals surface area contributed by atoms with Crippen LogP contribution >= 0.6 is 0 Å². The molecule has 144 valence electrons. The zero-order valence-corrected chi connectivity index (χ0v) is 16.3. The van der Waals surface area contributed by atoms with E-state index in [9.17, 15) is 4.79 Å². The van der Waals surface area contributed by atoms with Crippen molar-refractivity contribution in [2.75, 3.05) is 26.0 Å². The number of hydrogen-bond acceptors (Lipinski definition) is 6. The summed E-state index contributed by atoms with van der Waals surface area (Å²) in [7, 11) is 5.65. The van der Waals surface area contributed by atoms with Crippen molar-refractivity contribution in [3.05, 3.63) is 59.7 Å². The number of hydrogen-bond donors (Lipinski definition) is 0. The highest BCUT2D eigenvalue weighted by molar-refractivity contribution is 5.94. The van der Waals surface area contributed by atoms with Gasteiger partial charge >= 0.3 is 0 Å². The van der Waals surface area contributed by atoms with Crippen molar-refractivity contribution in [2.45, 2.75) is 25.3 Å². The molecule has 1 aromatic carbocycles. The predicted octanol–water partition coefficient (Wildman–Crippen LogP) is 3.35. The van der Waals surface area contributed by atoms with Crippen LogP contribution in [-0.4, -0.2) is 47.1 Å². The smallest absolute Gasteiger partial charge is 0.253 e. The van der Waals surface area contributed by atoms with E-state index in [0.717, 1.165) is 41.4 Å². The lowest BCUT2D eigenvalue weighted by atomic mass is 10.1. The van der Waals surface area contributed by atoms with Gasteiger partial charge in [-0.3, -0.25) is 4.79 Å². The number of aromatic nitrogens is 3. The summed E-state index contributed by atoms with van der Waals surface area (Å²) in [6.07, 6.45) is 3.88. The number of anilines is 1. The summed E-state index contributed by atoms with van der Waals surface area (Å²) in [5.41, 5.74) is 3.17. The molecule has 0 radical (unpaired) electrons. The van der Waals surface area contributed by atoms with Crippen molar-refractivity contribution in [1.82, 2.24) is 20.0 Å².